The number of benzene rings is 1. The van der Waals surface area contributed by atoms with Crippen LogP contribution in [0.3, 0.4) is 0 Å². The van der Waals surface area contributed by atoms with Crippen molar-refractivity contribution in [2.45, 2.75) is 52.6 Å². The van der Waals surface area contributed by atoms with Gasteiger partial charge in [0.05, 0.1) is 22.9 Å². The van der Waals surface area contributed by atoms with E-state index in [-0.39, 0.29) is 0 Å². The third-order valence-corrected chi connectivity index (χ3v) is 9.09. The van der Waals surface area contributed by atoms with Gasteiger partial charge in [-0.05, 0) is 61.9 Å². The minimum Gasteiger partial charge on any atom is -0.326 e. The number of imidazole rings is 1. The topological polar surface area (TPSA) is 75.8 Å². The Balaban J connectivity index is 1.23. The van der Waals surface area contributed by atoms with Gasteiger partial charge >= 0.3 is 0 Å². The second kappa shape index (κ2) is 9.85. The Labute approximate surface area is 236 Å². The highest BCUT2D eigenvalue weighted by Gasteiger charge is 2.47. The highest BCUT2D eigenvalue weighted by molar-refractivity contribution is 5.83. The maximum absolute atomic E-state index is 5.07. The monoisotopic (exact) mass is 536 g/mol. The zero-order valence-corrected chi connectivity index (χ0v) is 24.0. The van der Waals surface area contributed by atoms with Gasteiger partial charge in [-0.1, -0.05) is 26.0 Å². The lowest BCUT2D eigenvalue weighted by Crippen LogP contribution is -2.70. The molecule has 7 rings (SSSR count). The van der Waals surface area contributed by atoms with E-state index in [0.29, 0.717) is 11.3 Å². The van der Waals surface area contributed by atoms with Crippen LogP contribution in [0.5, 0.6) is 0 Å². The minimum absolute atomic E-state index is 0.525. The van der Waals surface area contributed by atoms with E-state index >= 15 is 0 Å². The molecule has 208 valence electrons. The Hall–Kier alpha value is -3.49. The number of nitrogens with one attached hydrogen (secondary N) is 2. The number of aromatic nitrogens is 5. The van der Waals surface area contributed by atoms with Crippen LogP contribution >= 0.6 is 0 Å². The lowest BCUT2D eigenvalue weighted by atomic mass is 9.74. The standard InChI is InChI=1S/C32H40N8/c1-21-7-5-6-8-29-26(14-34-38(29)4)28-13-25(11-22(2)35-28)23(3)36-31-37-27-10-9-24(12-30(27)40(31)15-21)16-39-19-32(20-39)17-33-18-32/h9-14,21,33H,3,5-8,15-20H2,1-2,4H3,(H,36,37)/t21-/m1/s1. The third kappa shape index (κ3) is 4.63. The first-order valence-electron chi connectivity index (χ1n) is 14.7. The number of hydrogen-bond donors (Lipinski definition) is 2. The van der Waals surface area contributed by atoms with Crippen LogP contribution in [0.25, 0.3) is 28.0 Å². The largest absolute Gasteiger partial charge is 0.326 e. The number of fused-ring (bicyclic) bond motifs is 7. The number of aryl methyl sites for hydroxylation is 2. The fourth-order valence-corrected chi connectivity index (χ4v) is 6.87. The molecule has 40 heavy (non-hydrogen) atoms. The normalized spacial score (nSPS) is 21.1. The van der Waals surface area contributed by atoms with E-state index in [9.17, 15) is 0 Å². The average molecular weight is 537 g/mol. The number of pyridine rings is 1. The molecule has 3 aliphatic heterocycles. The van der Waals surface area contributed by atoms with Gasteiger partial charge in [-0.2, -0.15) is 5.10 Å². The molecule has 3 aromatic heterocycles. The van der Waals surface area contributed by atoms with Crippen LogP contribution < -0.4 is 10.6 Å². The molecule has 0 unspecified atom stereocenters. The summed E-state index contributed by atoms with van der Waals surface area (Å²) in [5.41, 5.74) is 10.3. The van der Waals surface area contributed by atoms with Crippen LogP contribution in [0, 0.1) is 18.3 Å². The molecule has 0 saturated carbocycles. The Morgan fingerprint density at radius 2 is 1.95 bits per heavy atom. The third-order valence-electron chi connectivity index (χ3n) is 9.09. The molecule has 0 amide bonds. The predicted octanol–water partition coefficient (Wildman–Crippen LogP) is 4.99. The van der Waals surface area contributed by atoms with Crippen LogP contribution in [-0.4, -0.2) is 55.4 Å². The van der Waals surface area contributed by atoms with Crippen LogP contribution in [0.1, 0.15) is 48.7 Å². The quantitative estimate of drug-likeness (QED) is 0.376. The summed E-state index contributed by atoms with van der Waals surface area (Å²) in [4.78, 5) is 12.5. The van der Waals surface area contributed by atoms with E-state index < -0.39 is 0 Å². The molecule has 2 saturated heterocycles. The maximum Gasteiger partial charge on any atom is 0.208 e. The fraction of sp³-hybridized carbons (Fsp3) is 0.469. The molecule has 2 bridgehead atoms. The molecule has 2 fully saturated rings. The van der Waals surface area contributed by atoms with E-state index in [4.69, 9.17) is 9.97 Å². The van der Waals surface area contributed by atoms with Crippen LogP contribution in [0.2, 0.25) is 0 Å². The van der Waals surface area contributed by atoms with Crippen LogP contribution in [-0.2, 0) is 26.6 Å². The average Bonchev–Trinajstić information content (AvgIpc) is 3.41. The Kier molecular flexibility index (Phi) is 6.28. The first kappa shape index (κ1) is 25.5. The highest BCUT2D eigenvalue weighted by atomic mass is 15.3. The zero-order valence-electron chi connectivity index (χ0n) is 24.0. The predicted molar refractivity (Wildman–Crippen MR) is 161 cm³/mol. The zero-order chi connectivity index (χ0) is 27.4. The lowest BCUT2D eigenvalue weighted by molar-refractivity contribution is -0.0444. The summed E-state index contributed by atoms with van der Waals surface area (Å²) in [5, 5.41) is 11.6. The summed E-state index contributed by atoms with van der Waals surface area (Å²) in [6.07, 6.45) is 6.44. The first-order chi connectivity index (χ1) is 19.4. The van der Waals surface area contributed by atoms with Crippen molar-refractivity contribution < 1.29 is 0 Å². The number of nitrogens with zero attached hydrogens (tertiary/aromatic N) is 6. The second-order valence-corrected chi connectivity index (χ2v) is 12.6. The van der Waals surface area contributed by atoms with Gasteiger partial charge < -0.3 is 15.2 Å². The molecule has 4 aromatic rings. The van der Waals surface area contributed by atoms with Crippen molar-refractivity contribution in [1.29, 1.82) is 0 Å². The summed E-state index contributed by atoms with van der Waals surface area (Å²) in [6.45, 7) is 15.5. The van der Waals surface area contributed by atoms with Gasteiger partial charge in [0.1, 0.15) is 0 Å². The SMILES string of the molecule is C=C1Nc2nc3ccc(CN4CC5(CNC5)C4)cc3n2C[C@H](C)CCCCc2c(cnn2C)-c2cc1cc(C)n2. The Morgan fingerprint density at radius 1 is 1.10 bits per heavy atom. The van der Waals surface area contributed by atoms with Crippen molar-refractivity contribution in [3.63, 3.8) is 0 Å². The molecule has 8 heteroatoms. The van der Waals surface area contributed by atoms with E-state index in [1.54, 1.807) is 0 Å². The van der Waals surface area contributed by atoms with Crippen molar-refractivity contribution in [3.8, 4) is 11.3 Å². The van der Waals surface area contributed by atoms with E-state index in [0.717, 1.165) is 65.6 Å². The van der Waals surface area contributed by atoms with E-state index in [1.165, 1.54) is 55.8 Å². The molecule has 8 nitrogen and oxygen atoms in total. The summed E-state index contributed by atoms with van der Waals surface area (Å²) >= 11 is 0. The summed E-state index contributed by atoms with van der Waals surface area (Å²) in [6, 6.07) is 11.0. The van der Waals surface area contributed by atoms with Crippen molar-refractivity contribution in [3.05, 3.63) is 65.6 Å². The Bertz CT molecular complexity index is 1580. The van der Waals surface area contributed by atoms with Crippen molar-refractivity contribution in [1.82, 2.24) is 34.5 Å². The van der Waals surface area contributed by atoms with E-state index in [1.807, 2.05) is 24.9 Å². The van der Waals surface area contributed by atoms with Gasteiger partial charge in [0, 0.05) is 79.9 Å². The molecule has 1 spiro atoms. The minimum atomic E-state index is 0.525. The smallest absolute Gasteiger partial charge is 0.208 e. The molecular weight excluding hydrogens is 496 g/mol. The van der Waals surface area contributed by atoms with E-state index in [2.05, 4.69) is 69.0 Å². The van der Waals surface area contributed by atoms with Gasteiger partial charge in [-0.25, -0.2) is 4.98 Å². The summed E-state index contributed by atoms with van der Waals surface area (Å²) in [5.74, 6) is 1.39. The van der Waals surface area contributed by atoms with Gasteiger partial charge in [-0.3, -0.25) is 14.6 Å². The van der Waals surface area contributed by atoms with Crippen molar-refractivity contribution in [2.75, 3.05) is 31.5 Å². The van der Waals surface area contributed by atoms with Gasteiger partial charge in [0.25, 0.3) is 0 Å². The number of rotatable bonds is 2. The highest BCUT2D eigenvalue weighted by Crippen LogP contribution is 2.36. The number of anilines is 1. The van der Waals surface area contributed by atoms with Crippen molar-refractivity contribution >= 4 is 22.7 Å². The van der Waals surface area contributed by atoms with Gasteiger partial charge in [0.2, 0.25) is 5.95 Å². The molecule has 2 N–H and O–H groups in total. The Morgan fingerprint density at radius 3 is 2.75 bits per heavy atom. The van der Waals surface area contributed by atoms with Crippen LogP contribution in [0.4, 0.5) is 5.95 Å². The second-order valence-electron chi connectivity index (χ2n) is 12.6. The molecule has 1 aromatic carbocycles. The molecule has 1 atom stereocenters. The molecular formula is C32H40N8. The van der Waals surface area contributed by atoms with Crippen LogP contribution in [0.15, 0.2) is 43.1 Å². The summed E-state index contributed by atoms with van der Waals surface area (Å²) < 4.78 is 4.39. The van der Waals surface area contributed by atoms with Gasteiger partial charge in [-0.15, -0.1) is 0 Å². The molecule has 3 aliphatic rings. The first-order valence-corrected chi connectivity index (χ1v) is 14.7. The number of likely N-dealkylation sites (tertiary alicyclic amines) is 1. The maximum atomic E-state index is 5.07. The lowest BCUT2D eigenvalue weighted by Gasteiger charge is -2.56. The fourth-order valence-electron chi connectivity index (χ4n) is 6.87. The van der Waals surface area contributed by atoms with Gasteiger partial charge in [0.15, 0.2) is 0 Å². The summed E-state index contributed by atoms with van der Waals surface area (Å²) in [7, 11) is 2.04. The molecule has 6 heterocycles. The van der Waals surface area contributed by atoms with Crippen molar-refractivity contribution in [2.24, 2.45) is 18.4 Å². The number of hydrogen-bond acceptors (Lipinski definition) is 6. The molecule has 0 radical (unpaired) electrons. The molecule has 0 aliphatic carbocycles.